The highest BCUT2D eigenvalue weighted by Crippen LogP contribution is 2.45. The Bertz CT molecular complexity index is 706. The Morgan fingerprint density at radius 2 is 2.00 bits per heavy atom. The monoisotopic (exact) mass is 418 g/mol. The molecule has 0 spiro atoms. The second kappa shape index (κ2) is 9.25. The number of hydrogen-bond donors (Lipinski definition) is 1. The lowest BCUT2D eigenvalue weighted by Crippen LogP contribution is -2.43. The van der Waals surface area contributed by atoms with Gasteiger partial charge in [-0.3, -0.25) is 9.59 Å². The molecule has 0 aromatic heterocycles. The lowest BCUT2D eigenvalue weighted by atomic mass is 9.65. The number of aliphatic hydroxyl groups is 1. The summed E-state index contributed by atoms with van der Waals surface area (Å²) in [4.78, 5) is 24.6. The zero-order valence-corrected chi connectivity index (χ0v) is 19.1. The predicted octanol–water partition coefficient (Wildman–Crippen LogP) is 4.59. The second-order valence-corrected chi connectivity index (χ2v) is 10.3. The van der Waals surface area contributed by atoms with Crippen LogP contribution in [0.2, 0.25) is 0 Å². The Balaban J connectivity index is 1.76. The van der Waals surface area contributed by atoms with Gasteiger partial charge >= 0.3 is 11.9 Å². The van der Waals surface area contributed by atoms with Crippen LogP contribution in [0.5, 0.6) is 0 Å². The van der Waals surface area contributed by atoms with E-state index in [-0.39, 0.29) is 36.5 Å². The molecule has 0 saturated carbocycles. The summed E-state index contributed by atoms with van der Waals surface area (Å²) in [6.45, 7) is 10.3. The molecule has 168 valence electrons. The first kappa shape index (κ1) is 23.1. The molecule has 3 rings (SSSR count). The summed E-state index contributed by atoms with van der Waals surface area (Å²) in [6, 6.07) is 0. The molecule has 1 fully saturated rings. The first-order valence-corrected chi connectivity index (χ1v) is 11.6. The SMILES string of the molecule is CCC(C)(C)C(=O)O[C@@H]1C[C@H](C)C=C2C=C[C@H](C)[C@H](CC[C@@H]3C[C@@H](O)CC(=O)O3)[C@@H]21. The van der Waals surface area contributed by atoms with Crippen molar-refractivity contribution in [2.45, 2.75) is 91.5 Å². The van der Waals surface area contributed by atoms with E-state index in [4.69, 9.17) is 9.47 Å². The van der Waals surface area contributed by atoms with E-state index in [1.807, 2.05) is 20.8 Å². The van der Waals surface area contributed by atoms with Crippen molar-refractivity contribution < 1.29 is 24.2 Å². The number of allylic oxidation sites excluding steroid dienone is 3. The Morgan fingerprint density at radius 3 is 2.67 bits per heavy atom. The van der Waals surface area contributed by atoms with Gasteiger partial charge in [0, 0.05) is 12.3 Å². The van der Waals surface area contributed by atoms with Crippen LogP contribution in [-0.2, 0) is 19.1 Å². The number of carbonyl (C=O) groups excluding carboxylic acids is 2. The lowest BCUT2D eigenvalue weighted by molar-refractivity contribution is -0.166. The van der Waals surface area contributed by atoms with Crippen molar-refractivity contribution in [3.8, 4) is 0 Å². The van der Waals surface area contributed by atoms with Gasteiger partial charge in [0.2, 0.25) is 0 Å². The molecular formula is C25H38O5. The van der Waals surface area contributed by atoms with Crippen LogP contribution < -0.4 is 0 Å². The molecule has 3 aliphatic rings. The first-order valence-electron chi connectivity index (χ1n) is 11.6. The van der Waals surface area contributed by atoms with Gasteiger partial charge in [0.05, 0.1) is 17.9 Å². The molecule has 0 amide bonds. The molecule has 0 bridgehead atoms. The molecule has 1 saturated heterocycles. The number of ether oxygens (including phenoxy) is 2. The first-order chi connectivity index (χ1) is 14.1. The van der Waals surface area contributed by atoms with E-state index in [1.165, 1.54) is 5.57 Å². The minimum atomic E-state index is -0.601. The topological polar surface area (TPSA) is 72.8 Å². The van der Waals surface area contributed by atoms with E-state index in [0.717, 1.165) is 25.7 Å². The van der Waals surface area contributed by atoms with Gasteiger partial charge in [-0.05, 0) is 62.9 Å². The van der Waals surface area contributed by atoms with Gasteiger partial charge < -0.3 is 14.6 Å². The standard InChI is InChI=1S/C25H38O5/c1-6-25(4,5)24(28)30-21-12-15(2)11-17-8-7-16(3)20(23(17)21)10-9-19-13-18(26)14-22(27)29-19/h7-8,11,15-16,18-21,23,26H,6,9-10,12-14H2,1-5H3/t15-,16+,18-,19-,20+,21-,23-/m1/s1. The molecule has 5 nitrogen and oxygen atoms in total. The van der Waals surface area contributed by atoms with Gasteiger partial charge in [-0.25, -0.2) is 0 Å². The third kappa shape index (κ3) is 5.16. The number of cyclic esters (lactones) is 1. The number of aliphatic hydroxyl groups excluding tert-OH is 1. The molecule has 5 heteroatoms. The minimum absolute atomic E-state index is 0.0949. The Morgan fingerprint density at radius 1 is 1.27 bits per heavy atom. The summed E-state index contributed by atoms with van der Waals surface area (Å²) in [7, 11) is 0. The Hall–Kier alpha value is -1.62. The van der Waals surface area contributed by atoms with E-state index >= 15 is 0 Å². The minimum Gasteiger partial charge on any atom is -0.462 e. The largest absolute Gasteiger partial charge is 0.462 e. The van der Waals surface area contributed by atoms with E-state index in [9.17, 15) is 14.7 Å². The highest BCUT2D eigenvalue weighted by molar-refractivity contribution is 5.76. The lowest BCUT2D eigenvalue weighted by Gasteiger charge is -2.44. The number of fused-ring (bicyclic) bond motifs is 1. The van der Waals surface area contributed by atoms with Crippen molar-refractivity contribution in [1.29, 1.82) is 0 Å². The van der Waals surface area contributed by atoms with Crippen LogP contribution in [0, 0.1) is 29.1 Å². The van der Waals surface area contributed by atoms with Crippen molar-refractivity contribution in [2.24, 2.45) is 29.1 Å². The molecule has 2 aliphatic carbocycles. The molecule has 0 radical (unpaired) electrons. The van der Waals surface area contributed by atoms with Crippen molar-refractivity contribution in [1.82, 2.24) is 0 Å². The summed E-state index contributed by atoms with van der Waals surface area (Å²) in [5, 5.41) is 9.92. The van der Waals surface area contributed by atoms with Gasteiger partial charge in [0.15, 0.2) is 0 Å². The molecule has 1 aliphatic heterocycles. The number of esters is 2. The smallest absolute Gasteiger partial charge is 0.311 e. The fourth-order valence-corrected chi connectivity index (χ4v) is 5.08. The van der Waals surface area contributed by atoms with Gasteiger partial charge in [-0.15, -0.1) is 0 Å². The molecule has 1 N–H and O–H groups in total. The average Bonchev–Trinajstić information content (AvgIpc) is 2.66. The van der Waals surface area contributed by atoms with E-state index in [0.29, 0.717) is 24.2 Å². The molecule has 7 atom stereocenters. The number of rotatable bonds is 6. The normalized spacial score (nSPS) is 36.5. The molecule has 1 heterocycles. The van der Waals surface area contributed by atoms with E-state index in [2.05, 4.69) is 32.1 Å². The molecule has 0 unspecified atom stereocenters. The number of carbonyl (C=O) groups is 2. The van der Waals surface area contributed by atoms with Crippen molar-refractivity contribution in [3.63, 3.8) is 0 Å². The second-order valence-electron chi connectivity index (χ2n) is 10.3. The summed E-state index contributed by atoms with van der Waals surface area (Å²) >= 11 is 0. The summed E-state index contributed by atoms with van der Waals surface area (Å²) in [5.74, 6) is 0.776. The summed E-state index contributed by atoms with van der Waals surface area (Å²) in [6.07, 6.45) is 9.61. The third-order valence-corrected chi connectivity index (χ3v) is 7.35. The zero-order chi connectivity index (χ0) is 22.1. The maximum atomic E-state index is 12.9. The Kier molecular flexibility index (Phi) is 7.11. The summed E-state index contributed by atoms with van der Waals surface area (Å²) < 4.78 is 11.6. The van der Waals surface area contributed by atoms with Crippen LogP contribution in [0.1, 0.15) is 73.1 Å². The van der Waals surface area contributed by atoms with Crippen molar-refractivity contribution in [3.05, 3.63) is 23.8 Å². The van der Waals surface area contributed by atoms with Crippen LogP contribution in [0.25, 0.3) is 0 Å². The van der Waals surface area contributed by atoms with Crippen LogP contribution in [0.15, 0.2) is 23.8 Å². The van der Waals surface area contributed by atoms with Crippen LogP contribution in [-0.4, -0.2) is 35.4 Å². The van der Waals surface area contributed by atoms with Gasteiger partial charge in [-0.2, -0.15) is 0 Å². The quantitative estimate of drug-likeness (QED) is 0.639. The van der Waals surface area contributed by atoms with Crippen molar-refractivity contribution in [2.75, 3.05) is 0 Å². The molecule has 30 heavy (non-hydrogen) atoms. The van der Waals surface area contributed by atoms with Gasteiger partial charge in [-0.1, -0.05) is 39.0 Å². The van der Waals surface area contributed by atoms with Crippen LogP contribution >= 0.6 is 0 Å². The highest BCUT2D eigenvalue weighted by atomic mass is 16.6. The molecule has 0 aromatic carbocycles. The Labute approximate surface area is 180 Å². The molecule has 0 aromatic rings. The van der Waals surface area contributed by atoms with E-state index in [1.54, 1.807) is 0 Å². The average molecular weight is 419 g/mol. The predicted molar refractivity (Wildman–Crippen MR) is 115 cm³/mol. The van der Waals surface area contributed by atoms with Crippen molar-refractivity contribution >= 4 is 11.9 Å². The maximum absolute atomic E-state index is 12.9. The summed E-state index contributed by atoms with van der Waals surface area (Å²) in [5.41, 5.74) is 0.785. The zero-order valence-electron chi connectivity index (χ0n) is 19.1. The fraction of sp³-hybridized carbons (Fsp3) is 0.760. The fourth-order valence-electron chi connectivity index (χ4n) is 5.08. The van der Waals surface area contributed by atoms with Crippen LogP contribution in [0.3, 0.4) is 0 Å². The van der Waals surface area contributed by atoms with Gasteiger partial charge in [0.25, 0.3) is 0 Å². The highest BCUT2D eigenvalue weighted by Gasteiger charge is 2.43. The molecular weight excluding hydrogens is 380 g/mol. The van der Waals surface area contributed by atoms with E-state index < -0.39 is 11.5 Å². The van der Waals surface area contributed by atoms with Gasteiger partial charge in [0.1, 0.15) is 12.2 Å². The maximum Gasteiger partial charge on any atom is 0.311 e. The van der Waals surface area contributed by atoms with Crippen LogP contribution in [0.4, 0.5) is 0 Å². The third-order valence-electron chi connectivity index (χ3n) is 7.35. The number of hydrogen-bond acceptors (Lipinski definition) is 5.